The molecular weight excluding hydrogens is 293 g/mol. The number of likely N-dealkylation sites (tertiary alicyclic amines) is 1. The zero-order valence-corrected chi connectivity index (χ0v) is 12.1. The molecule has 1 aliphatic heterocycles. The first kappa shape index (κ1) is 16.5. The van der Waals surface area contributed by atoms with E-state index in [1.54, 1.807) is 0 Å². The summed E-state index contributed by atoms with van der Waals surface area (Å²) in [5.41, 5.74) is 1.25. The maximum Gasteiger partial charge on any atom is 0.454 e. The second-order valence-corrected chi connectivity index (χ2v) is 5.40. The van der Waals surface area contributed by atoms with Crippen LogP contribution in [0.25, 0.3) is 0 Å². The number of alkyl halides is 3. The van der Waals surface area contributed by atoms with Crippen molar-refractivity contribution in [2.75, 3.05) is 13.1 Å². The monoisotopic (exact) mass is 312 g/mol. The second-order valence-electron chi connectivity index (χ2n) is 5.40. The van der Waals surface area contributed by atoms with Gasteiger partial charge in [0, 0.05) is 38.0 Å². The molecule has 6 heteroatoms. The first-order valence-electron chi connectivity index (χ1n) is 7.25. The molecule has 2 rings (SSSR count). The highest BCUT2D eigenvalue weighted by molar-refractivity contribution is 5.94. The van der Waals surface area contributed by atoms with Gasteiger partial charge in [-0.3, -0.25) is 9.69 Å². The molecule has 0 amide bonds. The molecule has 0 aromatic heterocycles. The zero-order valence-electron chi connectivity index (χ0n) is 12.1. The van der Waals surface area contributed by atoms with E-state index >= 15 is 0 Å². The van der Waals surface area contributed by atoms with Crippen LogP contribution in [0.3, 0.4) is 0 Å². The topological polar surface area (TPSA) is 32.3 Å². The van der Waals surface area contributed by atoms with Gasteiger partial charge in [0.2, 0.25) is 0 Å². The highest BCUT2D eigenvalue weighted by Gasteiger charge is 2.36. The van der Waals surface area contributed by atoms with Crippen molar-refractivity contribution in [3.63, 3.8) is 0 Å². The second kappa shape index (κ2) is 7.45. The number of hydrogen-bond acceptors (Lipinski definition) is 3. The molecule has 22 heavy (non-hydrogen) atoms. The number of rotatable bonds is 5. The van der Waals surface area contributed by atoms with Crippen LogP contribution < -0.4 is 5.32 Å². The van der Waals surface area contributed by atoms with Crippen molar-refractivity contribution in [1.82, 2.24) is 10.2 Å². The average molecular weight is 312 g/mol. The van der Waals surface area contributed by atoms with E-state index in [-0.39, 0.29) is 6.04 Å². The molecule has 0 atom stereocenters. The van der Waals surface area contributed by atoms with Gasteiger partial charge < -0.3 is 5.32 Å². The Morgan fingerprint density at radius 2 is 1.86 bits per heavy atom. The van der Waals surface area contributed by atoms with Crippen LogP contribution in [0, 0.1) is 0 Å². The van der Waals surface area contributed by atoms with Crippen LogP contribution in [0.2, 0.25) is 0 Å². The van der Waals surface area contributed by atoms with Crippen molar-refractivity contribution in [3.05, 3.63) is 48.2 Å². The largest absolute Gasteiger partial charge is 0.454 e. The number of benzene rings is 1. The summed E-state index contributed by atoms with van der Waals surface area (Å²) in [4.78, 5) is 13.0. The summed E-state index contributed by atoms with van der Waals surface area (Å²) in [7, 11) is 0. The molecule has 1 saturated heterocycles. The lowest BCUT2D eigenvalue weighted by Gasteiger charge is -2.32. The number of carbonyl (C=O) groups excluding carboxylic acids is 1. The van der Waals surface area contributed by atoms with E-state index in [1.807, 2.05) is 18.2 Å². The van der Waals surface area contributed by atoms with Gasteiger partial charge in [-0.05, 0) is 18.4 Å². The zero-order chi connectivity index (χ0) is 16.0. The minimum atomic E-state index is -4.79. The number of hydrogen-bond donors (Lipinski definition) is 1. The quantitative estimate of drug-likeness (QED) is 0.849. The third-order valence-corrected chi connectivity index (χ3v) is 3.68. The molecule has 0 aliphatic carbocycles. The molecule has 1 aromatic rings. The number of carbonyl (C=O) groups is 1. The summed E-state index contributed by atoms with van der Waals surface area (Å²) < 4.78 is 36.1. The number of piperidine rings is 1. The lowest BCUT2D eigenvalue weighted by atomic mass is 10.0. The summed E-state index contributed by atoms with van der Waals surface area (Å²) in [6.45, 7) is 2.65. The van der Waals surface area contributed by atoms with Gasteiger partial charge in [-0.15, -0.1) is 0 Å². The highest BCUT2D eigenvalue weighted by Crippen LogP contribution is 2.17. The van der Waals surface area contributed by atoms with Crippen LogP contribution in [0.1, 0.15) is 18.4 Å². The average Bonchev–Trinajstić information content (AvgIpc) is 2.49. The maximum absolute atomic E-state index is 12.0. The van der Waals surface area contributed by atoms with Gasteiger partial charge >= 0.3 is 6.18 Å². The molecule has 120 valence electrons. The van der Waals surface area contributed by atoms with Crippen LogP contribution in [-0.2, 0) is 11.3 Å². The first-order valence-corrected chi connectivity index (χ1v) is 7.25. The van der Waals surface area contributed by atoms with Gasteiger partial charge in [-0.2, -0.15) is 13.2 Å². The van der Waals surface area contributed by atoms with Gasteiger partial charge in [-0.1, -0.05) is 30.3 Å². The van der Waals surface area contributed by atoms with E-state index in [9.17, 15) is 18.0 Å². The summed E-state index contributed by atoms with van der Waals surface area (Å²) in [5, 5.41) is 2.88. The molecule has 1 N–H and O–H groups in total. The maximum atomic E-state index is 12.0. The number of allylic oxidation sites excluding steroid dienone is 1. The van der Waals surface area contributed by atoms with Crippen molar-refractivity contribution in [2.45, 2.75) is 31.6 Å². The highest BCUT2D eigenvalue weighted by atomic mass is 19.4. The molecule has 0 bridgehead atoms. The van der Waals surface area contributed by atoms with Crippen molar-refractivity contribution < 1.29 is 18.0 Å². The fourth-order valence-electron chi connectivity index (χ4n) is 2.45. The fourth-order valence-corrected chi connectivity index (χ4v) is 2.45. The molecule has 0 radical (unpaired) electrons. The minimum Gasteiger partial charge on any atom is -0.388 e. The van der Waals surface area contributed by atoms with E-state index in [2.05, 4.69) is 22.3 Å². The summed E-state index contributed by atoms with van der Waals surface area (Å²) >= 11 is 0. The van der Waals surface area contributed by atoms with Crippen LogP contribution in [0.5, 0.6) is 0 Å². The number of ketones is 1. The van der Waals surface area contributed by atoms with Gasteiger partial charge in [0.15, 0.2) is 0 Å². The third-order valence-electron chi connectivity index (χ3n) is 3.68. The predicted molar refractivity (Wildman–Crippen MR) is 78.1 cm³/mol. The Hall–Kier alpha value is -1.82. The Kier molecular flexibility index (Phi) is 5.60. The summed E-state index contributed by atoms with van der Waals surface area (Å²) in [5.74, 6) is -1.83. The summed E-state index contributed by atoms with van der Waals surface area (Å²) in [6.07, 6.45) is -1.43. The smallest absolute Gasteiger partial charge is 0.388 e. The number of nitrogens with zero attached hydrogens (tertiary/aromatic N) is 1. The Bertz CT molecular complexity index is 506. The van der Waals surface area contributed by atoms with Crippen LogP contribution in [0.4, 0.5) is 13.2 Å². The van der Waals surface area contributed by atoms with E-state index in [0.717, 1.165) is 38.7 Å². The van der Waals surface area contributed by atoms with Crippen LogP contribution in [-0.4, -0.2) is 36.0 Å². The van der Waals surface area contributed by atoms with Crippen molar-refractivity contribution >= 4 is 5.78 Å². The molecule has 1 aromatic carbocycles. The Labute approximate surface area is 127 Å². The third kappa shape index (κ3) is 5.18. The fraction of sp³-hybridized carbons (Fsp3) is 0.438. The normalized spacial score (nSPS) is 17.8. The van der Waals surface area contributed by atoms with Crippen LogP contribution >= 0.6 is 0 Å². The molecule has 0 spiro atoms. The van der Waals surface area contributed by atoms with Gasteiger partial charge in [0.05, 0.1) is 0 Å². The molecule has 1 heterocycles. The molecule has 0 unspecified atom stereocenters. The van der Waals surface area contributed by atoms with Gasteiger partial charge in [0.1, 0.15) is 0 Å². The number of nitrogens with one attached hydrogen (secondary N) is 1. The molecule has 1 aliphatic rings. The van der Waals surface area contributed by atoms with Gasteiger partial charge in [-0.25, -0.2) is 0 Å². The van der Waals surface area contributed by atoms with Crippen molar-refractivity contribution in [1.29, 1.82) is 0 Å². The molecule has 3 nitrogen and oxygen atoms in total. The predicted octanol–water partition coefficient (Wildman–Crippen LogP) is 2.89. The Morgan fingerprint density at radius 3 is 2.45 bits per heavy atom. The molecule has 0 saturated carbocycles. The van der Waals surface area contributed by atoms with Crippen molar-refractivity contribution in [2.24, 2.45) is 0 Å². The van der Waals surface area contributed by atoms with Gasteiger partial charge in [0.25, 0.3) is 5.78 Å². The SMILES string of the molecule is O=C(/C=C/NC1CCN(Cc2ccccc2)CC1)C(F)(F)F. The van der Waals surface area contributed by atoms with E-state index in [0.29, 0.717) is 6.08 Å². The van der Waals surface area contributed by atoms with Crippen molar-refractivity contribution in [3.8, 4) is 0 Å². The van der Waals surface area contributed by atoms with E-state index in [4.69, 9.17) is 0 Å². The van der Waals surface area contributed by atoms with Crippen LogP contribution in [0.15, 0.2) is 42.6 Å². The first-order chi connectivity index (χ1) is 10.4. The Morgan fingerprint density at radius 1 is 1.23 bits per heavy atom. The minimum absolute atomic E-state index is 0.115. The summed E-state index contributed by atoms with van der Waals surface area (Å²) in [6, 6.07) is 10.3. The standard InChI is InChI=1S/C16H19F3N2O/c17-16(18,19)15(22)6-9-20-14-7-10-21(11-8-14)12-13-4-2-1-3-5-13/h1-6,9,14,20H,7-8,10-12H2/b9-6+. The Balaban J connectivity index is 1.71. The lowest BCUT2D eigenvalue weighted by Crippen LogP contribution is -2.40. The van der Waals surface area contributed by atoms with E-state index < -0.39 is 12.0 Å². The molecular formula is C16H19F3N2O. The van der Waals surface area contributed by atoms with E-state index in [1.165, 1.54) is 5.56 Å². The lowest BCUT2D eigenvalue weighted by molar-refractivity contribution is -0.165. The number of halogens is 3. The molecule has 1 fully saturated rings.